The lowest BCUT2D eigenvalue weighted by molar-refractivity contribution is 0.387. The number of piperazine rings is 1. The van der Waals surface area contributed by atoms with Gasteiger partial charge in [-0.1, -0.05) is 18.6 Å². The fourth-order valence-electron chi connectivity index (χ4n) is 3.18. The summed E-state index contributed by atoms with van der Waals surface area (Å²) in [6, 6.07) is 6.34. The van der Waals surface area contributed by atoms with Crippen LogP contribution in [0.1, 0.15) is 26.2 Å². The van der Waals surface area contributed by atoms with E-state index in [1.54, 1.807) is 22.5 Å². The first-order chi connectivity index (χ1) is 11.5. The van der Waals surface area contributed by atoms with Gasteiger partial charge in [0.15, 0.2) is 0 Å². The molecular weight excluding hydrogens is 327 g/mol. The third-order valence-electron chi connectivity index (χ3n) is 4.75. The van der Waals surface area contributed by atoms with Crippen molar-refractivity contribution in [1.82, 2.24) is 4.31 Å². The quantitative estimate of drug-likeness (QED) is 0.837. The second-order valence-electron chi connectivity index (χ2n) is 6.18. The van der Waals surface area contributed by atoms with Gasteiger partial charge >= 0.3 is 0 Å². The van der Waals surface area contributed by atoms with Crippen molar-refractivity contribution < 1.29 is 12.8 Å². The lowest BCUT2D eigenvalue weighted by atomic mass is 10.0. The highest BCUT2D eigenvalue weighted by atomic mass is 32.2. The van der Waals surface area contributed by atoms with Crippen LogP contribution in [0.4, 0.5) is 10.1 Å². The van der Waals surface area contributed by atoms with E-state index in [-0.39, 0.29) is 5.82 Å². The second-order valence-corrected chi connectivity index (χ2v) is 8.17. The minimum Gasteiger partial charge on any atom is -0.369 e. The van der Waals surface area contributed by atoms with Gasteiger partial charge in [-0.25, -0.2) is 12.8 Å². The summed E-state index contributed by atoms with van der Waals surface area (Å²) in [5.74, 6) is -0.260. The molecule has 0 saturated carbocycles. The number of rotatable bonds is 4. The summed E-state index contributed by atoms with van der Waals surface area (Å²) in [5, 5.41) is 0. The van der Waals surface area contributed by atoms with Crippen LogP contribution in [0.2, 0.25) is 0 Å². The largest absolute Gasteiger partial charge is 0.369 e. The molecule has 0 N–H and O–H groups in total. The normalized spacial score (nSPS) is 19.8. The molecule has 0 radical (unpaired) electrons. The molecule has 1 aliphatic heterocycles. The van der Waals surface area contributed by atoms with Crippen LogP contribution in [0.15, 0.2) is 46.9 Å². The molecule has 0 spiro atoms. The van der Waals surface area contributed by atoms with E-state index in [0.717, 1.165) is 18.5 Å². The summed E-state index contributed by atoms with van der Waals surface area (Å²) in [5.41, 5.74) is 2.23. The van der Waals surface area contributed by atoms with Gasteiger partial charge in [0.1, 0.15) is 5.82 Å². The van der Waals surface area contributed by atoms with Crippen molar-refractivity contribution in [1.29, 1.82) is 0 Å². The molecule has 0 unspecified atom stereocenters. The summed E-state index contributed by atoms with van der Waals surface area (Å²) in [6.45, 7) is 4.25. The number of allylic oxidation sites excluding steroid dienone is 4. The van der Waals surface area contributed by atoms with E-state index in [9.17, 15) is 12.8 Å². The van der Waals surface area contributed by atoms with E-state index in [0.29, 0.717) is 37.5 Å². The Morgan fingerprint density at radius 3 is 2.21 bits per heavy atom. The first-order valence-corrected chi connectivity index (χ1v) is 9.84. The second kappa shape index (κ2) is 7.07. The van der Waals surface area contributed by atoms with Crippen LogP contribution in [0.25, 0.3) is 0 Å². The summed E-state index contributed by atoms with van der Waals surface area (Å²) < 4.78 is 40.2. The highest BCUT2D eigenvalue weighted by molar-refractivity contribution is 7.93. The molecule has 1 aromatic carbocycles. The highest BCUT2D eigenvalue weighted by Gasteiger charge is 2.30. The smallest absolute Gasteiger partial charge is 0.239 e. The molecular formula is C18H23FN2O2S. The number of benzene rings is 1. The van der Waals surface area contributed by atoms with Gasteiger partial charge in [0, 0.05) is 31.9 Å². The molecule has 3 rings (SSSR count). The van der Waals surface area contributed by atoms with E-state index in [2.05, 4.69) is 11.8 Å². The summed E-state index contributed by atoms with van der Waals surface area (Å²) in [4.78, 5) is 2.62. The zero-order chi connectivity index (χ0) is 17.2. The van der Waals surface area contributed by atoms with Gasteiger partial charge in [0.05, 0.1) is 4.91 Å². The molecule has 1 aromatic rings. The number of anilines is 1. The fourth-order valence-corrected chi connectivity index (χ4v) is 4.75. The maximum atomic E-state index is 13.0. The van der Waals surface area contributed by atoms with Gasteiger partial charge in [-0.15, -0.1) is 0 Å². The molecule has 0 bridgehead atoms. The Balaban J connectivity index is 1.67. The van der Waals surface area contributed by atoms with Crippen LogP contribution in [0.3, 0.4) is 0 Å². The maximum Gasteiger partial charge on any atom is 0.239 e. The number of hydrogen-bond donors (Lipinski definition) is 0. The zero-order valence-corrected chi connectivity index (χ0v) is 14.7. The van der Waals surface area contributed by atoms with Crippen LogP contribution >= 0.6 is 0 Å². The van der Waals surface area contributed by atoms with E-state index in [4.69, 9.17) is 0 Å². The summed E-state index contributed by atoms with van der Waals surface area (Å²) in [6.07, 6.45) is 6.12. The van der Waals surface area contributed by atoms with Gasteiger partial charge < -0.3 is 4.90 Å². The van der Waals surface area contributed by atoms with Gasteiger partial charge in [0.25, 0.3) is 0 Å². The molecule has 1 aliphatic carbocycles. The van der Waals surface area contributed by atoms with E-state index >= 15 is 0 Å². The van der Waals surface area contributed by atoms with Crippen LogP contribution in [-0.2, 0) is 10.0 Å². The monoisotopic (exact) mass is 350 g/mol. The predicted octanol–water partition coefficient (Wildman–Crippen LogP) is 3.29. The molecule has 1 fully saturated rings. The van der Waals surface area contributed by atoms with E-state index in [1.807, 2.05) is 6.08 Å². The standard InChI is InChI=1S/C18H23FN2O2S/c1-2-15-3-9-18(10-4-15)24(22,23)21-13-11-20(12-14-21)17-7-5-16(19)6-8-17/h3,5-9H,2,4,10-14H2,1H3. The Morgan fingerprint density at radius 1 is 1.00 bits per heavy atom. The molecule has 1 saturated heterocycles. The molecule has 0 amide bonds. The average molecular weight is 350 g/mol. The van der Waals surface area contributed by atoms with Crippen molar-refractivity contribution in [3.63, 3.8) is 0 Å². The Morgan fingerprint density at radius 2 is 1.67 bits per heavy atom. The van der Waals surface area contributed by atoms with Gasteiger partial charge in [-0.05, 0) is 49.6 Å². The number of halogens is 1. The van der Waals surface area contributed by atoms with E-state index < -0.39 is 10.0 Å². The fraction of sp³-hybridized carbons (Fsp3) is 0.444. The van der Waals surface area contributed by atoms with Crippen molar-refractivity contribution in [3.05, 3.63) is 52.7 Å². The van der Waals surface area contributed by atoms with E-state index in [1.165, 1.54) is 17.7 Å². The van der Waals surface area contributed by atoms with Gasteiger partial charge in [-0.2, -0.15) is 4.31 Å². The zero-order valence-electron chi connectivity index (χ0n) is 13.9. The summed E-state index contributed by atoms with van der Waals surface area (Å²) >= 11 is 0. The molecule has 130 valence electrons. The number of nitrogens with zero attached hydrogens (tertiary/aromatic N) is 2. The van der Waals surface area contributed by atoms with Crippen molar-refractivity contribution in [2.24, 2.45) is 0 Å². The Bertz CT molecular complexity index is 746. The van der Waals surface area contributed by atoms with Crippen molar-refractivity contribution in [3.8, 4) is 0 Å². The molecule has 0 aromatic heterocycles. The van der Waals surface area contributed by atoms with Crippen molar-refractivity contribution in [2.75, 3.05) is 31.1 Å². The molecule has 6 heteroatoms. The average Bonchev–Trinajstić information content (AvgIpc) is 2.62. The predicted molar refractivity (Wildman–Crippen MR) is 94.8 cm³/mol. The minimum absolute atomic E-state index is 0.260. The molecule has 2 aliphatic rings. The highest BCUT2D eigenvalue weighted by Crippen LogP contribution is 2.27. The van der Waals surface area contributed by atoms with Crippen LogP contribution in [-0.4, -0.2) is 38.9 Å². The number of sulfonamides is 1. The molecule has 24 heavy (non-hydrogen) atoms. The Hall–Kier alpha value is -1.66. The first-order valence-electron chi connectivity index (χ1n) is 8.40. The third-order valence-corrected chi connectivity index (χ3v) is 6.80. The topological polar surface area (TPSA) is 40.6 Å². The molecule has 0 atom stereocenters. The van der Waals surface area contributed by atoms with Crippen LogP contribution in [0, 0.1) is 5.82 Å². The van der Waals surface area contributed by atoms with Crippen molar-refractivity contribution >= 4 is 15.7 Å². The summed E-state index contributed by atoms with van der Waals surface area (Å²) in [7, 11) is -3.37. The third kappa shape index (κ3) is 3.54. The Kier molecular flexibility index (Phi) is 5.06. The first kappa shape index (κ1) is 17.2. The lowest BCUT2D eigenvalue weighted by Crippen LogP contribution is -2.49. The van der Waals surface area contributed by atoms with Crippen LogP contribution < -0.4 is 4.90 Å². The Labute approximate surface area is 143 Å². The molecule has 4 nitrogen and oxygen atoms in total. The number of hydrogen-bond acceptors (Lipinski definition) is 3. The van der Waals surface area contributed by atoms with Gasteiger partial charge in [0.2, 0.25) is 10.0 Å². The maximum absolute atomic E-state index is 13.0. The van der Waals surface area contributed by atoms with Crippen molar-refractivity contribution in [2.45, 2.75) is 26.2 Å². The van der Waals surface area contributed by atoms with Crippen LogP contribution in [0.5, 0.6) is 0 Å². The molecule has 1 heterocycles. The van der Waals surface area contributed by atoms with Gasteiger partial charge in [-0.3, -0.25) is 0 Å². The minimum atomic E-state index is -3.37. The SMILES string of the molecule is CCC1=CC=C(S(=O)(=O)N2CCN(c3ccc(F)cc3)CC2)CC1. The lowest BCUT2D eigenvalue weighted by Gasteiger charge is -2.36.